The third-order valence-electron chi connectivity index (χ3n) is 3.34. The van der Waals surface area contributed by atoms with Crippen LogP contribution in [0.4, 0.5) is 0 Å². The molecule has 0 amide bonds. The molecule has 0 heterocycles. The van der Waals surface area contributed by atoms with E-state index in [9.17, 15) is 9.90 Å². The lowest BCUT2D eigenvalue weighted by Gasteiger charge is -2.18. The Labute approximate surface area is 122 Å². The average molecular weight is 284 g/mol. The van der Waals surface area contributed by atoms with E-state index in [0.29, 0.717) is 5.56 Å². The quantitative estimate of drug-likeness (QED) is 0.404. The molecule has 0 saturated heterocycles. The second-order valence-electron chi connectivity index (χ2n) is 4.80. The molecule has 0 aliphatic rings. The molecule has 0 radical (unpaired) electrons. The Kier molecular flexibility index (Phi) is 4.17. The summed E-state index contributed by atoms with van der Waals surface area (Å²) >= 11 is 0. The van der Waals surface area contributed by atoms with Crippen LogP contribution in [0.2, 0.25) is 0 Å². The molecule has 0 fully saturated rings. The minimum absolute atomic E-state index is 0.131. The van der Waals surface area contributed by atoms with Gasteiger partial charge >= 0.3 is 11.7 Å². The smallest absolute Gasteiger partial charge is 0.420 e. The molecule has 0 bridgehead atoms. The predicted octanol–water partition coefficient (Wildman–Crippen LogP) is 2.28. The van der Waals surface area contributed by atoms with Gasteiger partial charge in [0.1, 0.15) is 0 Å². The second kappa shape index (κ2) is 5.87. The van der Waals surface area contributed by atoms with Crippen LogP contribution in [-0.4, -0.2) is 28.2 Å². The molecule has 5 nitrogen and oxygen atoms in total. The van der Waals surface area contributed by atoms with Crippen molar-refractivity contribution in [3.05, 3.63) is 53.6 Å². The van der Waals surface area contributed by atoms with Crippen LogP contribution in [-0.2, 0) is 15.1 Å². The molecule has 2 aromatic carbocycles. The molecule has 1 atom stereocenters. The molecule has 21 heavy (non-hydrogen) atoms. The van der Waals surface area contributed by atoms with Crippen molar-refractivity contribution in [3.8, 4) is 0 Å². The number of nitrogens with zero attached hydrogens (tertiary/aromatic N) is 2. The fourth-order valence-corrected chi connectivity index (χ4v) is 2.17. The number of esters is 1. The number of benzene rings is 2. The van der Waals surface area contributed by atoms with Crippen LogP contribution in [0.25, 0.3) is 16.3 Å². The van der Waals surface area contributed by atoms with Crippen molar-refractivity contribution in [2.75, 3.05) is 6.61 Å². The first-order valence-electron chi connectivity index (χ1n) is 6.62. The van der Waals surface area contributed by atoms with Crippen molar-refractivity contribution < 1.29 is 19.4 Å². The van der Waals surface area contributed by atoms with Crippen LogP contribution in [0.5, 0.6) is 0 Å². The van der Waals surface area contributed by atoms with E-state index in [1.165, 1.54) is 6.92 Å². The molecule has 108 valence electrons. The zero-order chi connectivity index (χ0) is 15.5. The van der Waals surface area contributed by atoms with E-state index in [1.807, 2.05) is 30.3 Å². The van der Waals surface area contributed by atoms with E-state index in [1.54, 1.807) is 19.1 Å². The van der Waals surface area contributed by atoms with Crippen LogP contribution >= 0.6 is 0 Å². The Hall–Kier alpha value is -2.49. The molecular formula is C16H16N2O3. The van der Waals surface area contributed by atoms with Gasteiger partial charge in [-0.1, -0.05) is 36.4 Å². The number of hydrogen-bond acceptors (Lipinski definition) is 3. The molecule has 2 rings (SSSR count). The van der Waals surface area contributed by atoms with Gasteiger partial charge < -0.3 is 15.4 Å². The first-order valence-corrected chi connectivity index (χ1v) is 6.62. The summed E-state index contributed by atoms with van der Waals surface area (Å²) in [5, 5.41) is 12.5. The summed E-state index contributed by atoms with van der Waals surface area (Å²) < 4.78 is 4.80. The standard InChI is InChI=1S/C16H16N2O3/c1-3-21-15(19)14(18-17)16(2,20)13-9-8-11-6-4-5-7-12(11)10-13/h4-10,20H,3H2,1-2H3. The molecule has 0 saturated carbocycles. The second-order valence-corrected chi connectivity index (χ2v) is 4.80. The molecule has 0 aliphatic heterocycles. The van der Waals surface area contributed by atoms with Gasteiger partial charge in [0.15, 0.2) is 5.60 Å². The summed E-state index contributed by atoms with van der Waals surface area (Å²) in [5.41, 5.74) is 7.32. The summed E-state index contributed by atoms with van der Waals surface area (Å²) in [7, 11) is 0. The first-order chi connectivity index (χ1) is 10.0. The molecular weight excluding hydrogens is 268 g/mol. The maximum Gasteiger partial charge on any atom is 0.420 e. The lowest BCUT2D eigenvalue weighted by molar-refractivity contribution is -0.143. The van der Waals surface area contributed by atoms with Crippen LogP contribution in [0.3, 0.4) is 0 Å². The van der Waals surface area contributed by atoms with Gasteiger partial charge in [-0.05, 0) is 36.2 Å². The summed E-state index contributed by atoms with van der Waals surface area (Å²) in [4.78, 5) is 14.7. The zero-order valence-electron chi connectivity index (χ0n) is 11.9. The van der Waals surface area contributed by atoms with Gasteiger partial charge in [0.05, 0.1) is 6.61 Å². The Bertz CT molecular complexity index is 731. The number of hydrogen-bond donors (Lipinski definition) is 1. The van der Waals surface area contributed by atoms with Crippen molar-refractivity contribution in [1.29, 1.82) is 0 Å². The maximum absolute atomic E-state index is 11.8. The summed E-state index contributed by atoms with van der Waals surface area (Å²) in [6.45, 7) is 3.16. The number of carbonyl (C=O) groups excluding carboxylic acids is 1. The topological polar surface area (TPSA) is 82.9 Å². The van der Waals surface area contributed by atoms with E-state index >= 15 is 0 Å². The van der Waals surface area contributed by atoms with E-state index in [2.05, 4.69) is 4.79 Å². The minimum Gasteiger partial charge on any atom is -0.457 e. The number of ether oxygens (including phenoxy) is 1. The highest BCUT2D eigenvalue weighted by Gasteiger charge is 2.44. The largest absolute Gasteiger partial charge is 0.457 e. The number of carbonyl (C=O) groups is 1. The number of rotatable bonds is 4. The molecule has 0 aliphatic carbocycles. The Morgan fingerprint density at radius 1 is 1.29 bits per heavy atom. The number of aliphatic hydroxyl groups is 1. The third kappa shape index (κ3) is 2.84. The third-order valence-corrected chi connectivity index (χ3v) is 3.34. The zero-order valence-corrected chi connectivity index (χ0v) is 11.9. The molecule has 2 aromatic rings. The fraction of sp³-hybridized carbons (Fsp3) is 0.250. The van der Waals surface area contributed by atoms with Gasteiger partial charge in [0, 0.05) is 0 Å². The molecule has 0 spiro atoms. The highest BCUT2D eigenvalue weighted by Crippen LogP contribution is 2.26. The van der Waals surface area contributed by atoms with Crippen molar-refractivity contribution >= 4 is 22.5 Å². The van der Waals surface area contributed by atoms with Gasteiger partial charge in [0.25, 0.3) is 0 Å². The van der Waals surface area contributed by atoms with Crippen molar-refractivity contribution in [2.45, 2.75) is 19.4 Å². The average Bonchev–Trinajstić information content (AvgIpc) is 2.47. The monoisotopic (exact) mass is 284 g/mol. The molecule has 5 heteroatoms. The fourth-order valence-electron chi connectivity index (χ4n) is 2.17. The Morgan fingerprint density at radius 3 is 2.57 bits per heavy atom. The van der Waals surface area contributed by atoms with Crippen molar-refractivity contribution in [2.24, 2.45) is 0 Å². The van der Waals surface area contributed by atoms with Gasteiger partial charge in [-0.2, -0.15) is 4.79 Å². The van der Waals surface area contributed by atoms with Crippen molar-refractivity contribution in [1.82, 2.24) is 0 Å². The normalized spacial score (nSPS) is 13.3. The lowest BCUT2D eigenvalue weighted by atomic mass is 9.89. The van der Waals surface area contributed by atoms with E-state index in [4.69, 9.17) is 10.3 Å². The van der Waals surface area contributed by atoms with Gasteiger partial charge in [0.2, 0.25) is 0 Å². The van der Waals surface area contributed by atoms with Crippen LogP contribution in [0.15, 0.2) is 42.5 Å². The van der Waals surface area contributed by atoms with Crippen LogP contribution in [0, 0.1) is 0 Å². The van der Waals surface area contributed by atoms with E-state index < -0.39 is 17.3 Å². The van der Waals surface area contributed by atoms with Gasteiger partial charge in [-0.15, -0.1) is 0 Å². The Morgan fingerprint density at radius 2 is 1.95 bits per heavy atom. The molecule has 1 unspecified atom stereocenters. The highest BCUT2D eigenvalue weighted by molar-refractivity contribution is 6.37. The maximum atomic E-state index is 11.8. The predicted molar refractivity (Wildman–Crippen MR) is 78.8 cm³/mol. The molecule has 1 N–H and O–H groups in total. The SMILES string of the molecule is CCOC(=O)C(=[N+]=[N-])C(C)(O)c1ccc2ccccc2c1. The summed E-state index contributed by atoms with van der Waals surface area (Å²) in [6, 6.07) is 12.9. The van der Waals surface area contributed by atoms with E-state index in [0.717, 1.165) is 10.8 Å². The summed E-state index contributed by atoms with van der Waals surface area (Å²) in [5.74, 6) is -0.849. The lowest BCUT2D eigenvalue weighted by Crippen LogP contribution is -2.39. The van der Waals surface area contributed by atoms with Crippen molar-refractivity contribution in [3.63, 3.8) is 0 Å². The first kappa shape index (κ1) is 14.9. The minimum atomic E-state index is -1.75. The van der Waals surface area contributed by atoms with Crippen LogP contribution < -0.4 is 0 Å². The van der Waals surface area contributed by atoms with Gasteiger partial charge in [-0.25, -0.2) is 4.79 Å². The Balaban J connectivity index is 2.49. The van der Waals surface area contributed by atoms with E-state index in [-0.39, 0.29) is 6.61 Å². The summed E-state index contributed by atoms with van der Waals surface area (Å²) in [6.07, 6.45) is 0. The molecule has 0 aromatic heterocycles. The number of fused-ring (bicyclic) bond motifs is 1. The highest BCUT2D eigenvalue weighted by atomic mass is 16.5. The van der Waals surface area contributed by atoms with Gasteiger partial charge in [-0.3, -0.25) is 0 Å². The van der Waals surface area contributed by atoms with Crippen LogP contribution in [0.1, 0.15) is 19.4 Å².